The molecule has 1 aromatic carbocycles. The summed E-state index contributed by atoms with van der Waals surface area (Å²) >= 11 is 2.88. The van der Waals surface area contributed by atoms with Crippen molar-refractivity contribution >= 4 is 26.0 Å². The Balaban J connectivity index is 3.10. The quantitative estimate of drug-likeness (QED) is 0.581. The first kappa shape index (κ1) is 16.3. The number of hydrogen-bond donors (Lipinski definition) is 0. The van der Waals surface area contributed by atoms with Gasteiger partial charge in [-0.1, -0.05) is 6.08 Å². The van der Waals surface area contributed by atoms with Gasteiger partial charge in [0.1, 0.15) is 16.5 Å². The molecule has 106 valence electrons. The van der Waals surface area contributed by atoms with Gasteiger partial charge < -0.3 is 0 Å². The van der Waals surface area contributed by atoms with Gasteiger partial charge in [0.25, 0.3) is 0 Å². The summed E-state index contributed by atoms with van der Waals surface area (Å²) < 4.78 is 51.9. The number of unbranched alkanes of at least 4 members (excludes halogenated alkanes) is 1. The van der Waals surface area contributed by atoms with Crippen LogP contribution in [0.1, 0.15) is 12.8 Å². The van der Waals surface area contributed by atoms with Crippen molar-refractivity contribution in [2.24, 2.45) is 0 Å². The van der Waals surface area contributed by atoms with E-state index in [4.69, 9.17) is 0 Å². The van der Waals surface area contributed by atoms with Crippen molar-refractivity contribution in [2.45, 2.75) is 17.7 Å². The molecule has 0 heterocycles. The summed E-state index contributed by atoms with van der Waals surface area (Å²) in [5.41, 5.74) is 0. The van der Waals surface area contributed by atoms with Gasteiger partial charge in [0.2, 0.25) is 10.0 Å². The Morgan fingerprint density at radius 1 is 1.42 bits per heavy atom. The highest BCUT2D eigenvalue weighted by Crippen LogP contribution is 2.28. The average Bonchev–Trinajstić information content (AvgIpc) is 2.27. The van der Waals surface area contributed by atoms with E-state index in [2.05, 4.69) is 22.5 Å². The second kappa shape index (κ2) is 6.58. The summed E-state index contributed by atoms with van der Waals surface area (Å²) in [6.45, 7) is 3.77. The summed E-state index contributed by atoms with van der Waals surface area (Å²) in [5, 5.41) is 0. The standard InChI is InChI=1S/C12H14BrF2NO2S/c1-3-4-5-6-16(2)19(17,18)12-10(13)7-9(14)8-11(12)15/h3,7-8H,1,4-6H2,2H3. The van der Waals surface area contributed by atoms with Crippen LogP contribution in [0.15, 0.2) is 34.2 Å². The van der Waals surface area contributed by atoms with Crippen LogP contribution in [-0.2, 0) is 10.0 Å². The molecule has 0 N–H and O–H groups in total. The zero-order valence-corrected chi connectivity index (χ0v) is 12.8. The predicted molar refractivity (Wildman–Crippen MR) is 73.3 cm³/mol. The summed E-state index contributed by atoms with van der Waals surface area (Å²) in [6, 6.07) is 1.47. The van der Waals surface area contributed by atoms with Crippen LogP contribution in [0.25, 0.3) is 0 Å². The number of rotatable bonds is 6. The SMILES string of the molecule is C=CCCCN(C)S(=O)(=O)c1c(F)cc(F)cc1Br. The molecule has 0 spiro atoms. The lowest BCUT2D eigenvalue weighted by Gasteiger charge is -2.18. The lowest BCUT2D eigenvalue weighted by molar-refractivity contribution is 0.455. The van der Waals surface area contributed by atoms with E-state index >= 15 is 0 Å². The van der Waals surface area contributed by atoms with Gasteiger partial charge in [-0.05, 0) is 34.8 Å². The minimum Gasteiger partial charge on any atom is -0.207 e. The van der Waals surface area contributed by atoms with Gasteiger partial charge in [-0.15, -0.1) is 6.58 Å². The van der Waals surface area contributed by atoms with Gasteiger partial charge in [0.15, 0.2) is 0 Å². The molecule has 19 heavy (non-hydrogen) atoms. The topological polar surface area (TPSA) is 37.4 Å². The van der Waals surface area contributed by atoms with Gasteiger partial charge in [-0.3, -0.25) is 0 Å². The highest BCUT2D eigenvalue weighted by Gasteiger charge is 2.27. The Labute approximate surface area is 120 Å². The summed E-state index contributed by atoms with van der Waals surface area (Å²) in [4.78, 5) is -0.546. The molecule has 7 heteroatoms. The van der Waals surface area contributed by atoms with Crippen molar-refractivity contribution < 1.29 is 17.2 Å². The fraction of sp³-hybridized carbons (Fsp3) is 0.333. The first-order chi connectivity index (χ1) is 8.80. The molecule has 0 saturated carbocycles. The van der Waals surface area contributed by atoms with Crippen LogP contribution in [0.4, 0.5) is 8.78 Å². The van der Waals surface area contributed by atoms with Gasteiger partial charge in [0.05, 0.1) is 0 Å². The second-order valence-electron chi connectivity index (χ2n) is 3.96. The van der Waals surface area contributed by atoms with Crippen molar-refractivity contribution in [3.05, 3.63) is 40.9 Å². The van der Waals surface area contributed by atoms with Crippen LogP contribution in [0.3, 0.4) is 0 Å². The smallest absolute Gasteiger partial charge is 0.207 e. The van der Waals surface area contributed by atoms with Crippen molar-refractivity contribution in [3.8, 4) is 0 Å². The van der Waals surface area contributed by atoms with Crippen LogP contribution >= 0.6 is 15.9 Å². The number of nitrogens with zero attached hydrogens (tertiary/aromatic N) is 1. The van der Waals surface area contributed by atoms with E-state index in [1.54, 1.807) is 6.08 Å². The van der Waals surface area contributed by atoms with E-state index in [1.165, 1.54) is 7.05 Å². The first-order valence-electron chi connectivity index (χ1n) is 5.52. The van der Waals surface area contributed by atoms with E-state index in [0.29, 0.717) is 18.9 Å². The maximum atomic E-state index is 13.7. The lowest BCUT2D eigenvalue weighted by atomic mass is 10.3. The second-order valence-corrected chi connectivity index (χ2v) is 6.79. The number of benzene rings is 1. The van der Waals surface area contributed by atoms with Crippen LogP contribution < -0.4 is 0 Å². The minimum absolute atomic E-state index is 0.124. The maximum Gasteiger partial charge on any atom is 0.246 e. The van der Waals surface area contributed by atoms with Gasteiger partial charge in [0, 0.05) is 24.1 Å². The molecule has 0 atom stereocenters. The Bertz CT molecular complexity index is 552. The molecule has 0 bridgehead atoms. The van der Waals surface area contributed by atoms with Crippen molar-refractivity contribution in [1.29, 1.82) is 0 Å². The van der Waals surface area contributed by atoms with Crippen molar-refractivity contribution in [2.75, 3.05) is 13.6 Å². The molecule has 0 aliphatic heterocycles. The van der Waals surface area contributed by atoms with Crippen molar-refractivity contribution in [1.82, 2.24) is 4.31 Å². The molecule has 0 fully saturated rings. The zero-order chi connectivity index (χ0) is 14.6. The fourth-order valence-electron chi connectivity index (χ4n) is 1.51. The average molecular weight is 354 g/mol. The molecule has 1 rings (SSSR count). The summed E-state index contributed by atoms with van der Waals surface area (Å²) in [7, 11) is -2.63. The Hall–Kier alpha value is -0.790. The molecule has 0 unspecified atom stereocenters. The number of halogens is 3. The zero-order valence-electron chi connectivity index (χ0n) is 10.4. The summed E-state index contributed by atoms with van der Waals surface area (Å²) in [6.07, 6.45) is 2.92. The van der Waals surface area contributed by atoms with Crippen LogP contribution in [0.2, 0.25) is 0 Å². The Kier molecular flexibility index (Phi) is 5.64. The molecule has 0 aliphatic rings. The molecule has 1 aromatic rings. The van der Waals surface area contributed by atoms with Crippen LogP contribution in [0, 0.1) is 11.6 Å². The third kappa shape index (κ3) is 3.84. The van der Waals surface area contributed by atoms with E-state index in [1.807, 2.05) is 0 Å². The Morgan fingerprint density at radius 2 is 2.05 bits per heavy atom. The highest BCUT2D eigenvalue weighted by atomic mass is 79.9. The minimum atomic E-state index is -3.99. The number of hydrogen-bond acceptors (Lipinski definition) is 2. The van der Waals surface area contributed by atoms with E-state index in [9.17, 15) is 17.2 Å². The molecule has 0 amide bonds. The predicted octanol–water partition coefficient (Wildman–Crippen LogP) is 3.31. The van der Waals surface area contributed by atoms with E-state index in [-0.39, 0.29) is 11.0 Å². The Morgan fingerprint density at radius 3 is 2.58 bits per heavy atom. The molecule has 0 aliphatic carbocycles. The third-order valence-electron chi connectivity index (χ3n) is 2.51. The normalized spacial score (nSPS) is 11.8. The van der Waals surface area contributed by atoms with Crippen molar-refractivity contribution in [3.63, 3.8) is 0 Å². The van der Waals surface area contributed by atoms with Gasteiger partial charge in [-0.2, -0.15) is 0 Å². The first-order valence-corrected chi connectivity index (χ1v) is 7.75. The van der Waals surface area contributed by atoms with Gasteiger partial charge >= 0.3 is 0 Å². The third-order valence-corrected chi connectivity index (χ3v) is 5.33. The molecular weight excluding hydrogens is 340 g/mol. The van der Waals surface area contributed by atoms with Gasteiger partial charge in [-0.25, -0.2) is 21.5 Å². The lowest BCUT2D eigenvalue weighted by Crippen LogP contribution is -2.29. The van der Waals surface area contributed by atoms with Crippen LogP contribution in [0.5, 0.6) is 0 Å². The number of allylic oxidation sites excluding steroid dienone is 1. The molecule has 3 nitrogen and oxygen atoms in total. The summed E-state index contributed by atoms with van der Waals surface area (Å²) in [5.74, 6) is -1.94. The monoisotopic (exact) mass is 353 g/mol. The molecular formula is C12H14BrF2NO2S. The fourth-order valence-corrected chi connectivity index (χ4v) is 3.82. The molecule has 0 radical (unpaired) electrons. The molecule has 0 saturated heterocycles. The van der Waals surface area contributed by atoms with Crippen LogP contribution in [-0.4, -0.2) is 26.3 Å². The van der Waals surface area contributed by atoms with E-state index < -0.39 is 26.6 Å². The molecule has 0 aromatic heterocycles. The van der Waals surface area contributed by atoms with E-state index in [0.717, 1.165) is 10.4 Å². The maximum absolute atomic E-state index is 13.7. The highest BCUT2D eigenvalue weighted by molar-refractivity contribution is 9.10. The largest absolute Gasteiger partial charge is 0.246 e. The number of sulfonamides is 1.